The molecule has 0 fully saturated rings. The van der Waals surface area contributed by atoms with Crippen molar-refractivity contribution in [2.75, 3.05) is 5.32 Å². The van der Waals surface area contributed by atoms with Crippen LogP contribution in [0.15, 0.2) is 18.2 Å². The summed E-state index contributed by atoms with van der Waals surface area (Å²) in [5.41, 5.74) is 2.92. The Kier molecular flexibility index (Phi) is 2.42. The zero-order valence-corrected chi connectivity index (χ0v) is 8.58. The average Bonchev–Trinajstić information content (AvgIpc) is 2.26. The molecule has 1 unspecified atom stereocenters. The summed E-state index contributed by atoms with van der Waals surface area (Å²) in [4.78, 5) is 11.3. The maximum absolute atomic E-state index is 11.3. The second-order valence-electron chi connectivity index (χ2n) is 3.71. The standard InChI is InChI=1S/C12H12N2O/c1-2-8-3-4-10-9(7-13)6-12(15)14-11(10)5-8/h3-5,9H,2,6H2,1H3,(H,14,15). The second-order valence-corrected chi connectivity index (χ2v) is 3.71. The number of nitrogens with zero attached hydrogens (tertiary/aromatic N) is 1. The van der Waals surface area contributed by atoms with Crippen LogP contribution in [0.3, 0.4) is 0 Å². The van der Waals surface area contributed by atoms with E-state index in [9.17, 15) is 4.79 Å². The molecule has 1 amide bonds. The van der Waals surface area contributed by atoms with Crippen LogP contribution in [0.25, 0.3) is 0 Å². The predicted molar refractivity (Wildman–Crippen MR) is 57.4 cm³/mol. The van der Waals surface area contributed by atoms with Crippen molar-refractivity contribution in [2.24, 2.45) is 0 Å². The molecule has 2 rings (SSSR count). The van der Waals surface area contributed by atoms with E-state index in [2.05, 4.69) is 18.3 Å². The van der Waals surface area contributed by atoms with E-state index < -0.39 is 0 Å². The highest BCUT2D eigenvalue weighted by molar-refractivity contribution is 5.95. The molecule has 3 heteroatoms. The van der Waals surface area contributed by atoms with Gasteiger partial charge in [-0.2, -0.15) is 5.26 Å². The third kappa shape index (κ3) is 1.71. The monoisotopic (exact) mass is 200 g/mol. The van der Waals surface area contributed by atoms with Gasteiger partial charge in [0.15, 0.2) is 0 Å². The van der Waals surface area contributed by atoms with E-state index in [1.165, 1.54) is 5.56 Å². The van der Waals surface area contributed by atoms with E-state index in [1.54, 1.807) is 0 Å². The van der Waals surface area contributed by atoms with Crippen molar-refractivity contribution >= 4 is 11.6 Å². The summed E-state index contributed by atoms with van der Waals surface area (Å²) in [6.45, 7) is 2.06. The molecule has 0 saturated carbocycles. The number of amides is 1. The number of hydrogen-bond acceptors (Lipinski definition) is 2. The van der Waals surface area contributed by atoms with Gasteiger partial charge in [0.05, 0.1) is 12.0 Å². The first-order valence-electron chi connectivity index (χ1n) is 5.07. The maximum Gasteiger partial charge on any atom is 0.226 e. The Labute approximate surface area is 88.7 Å². The normalized spacial score (nSPS) is 18.9. The Morgan fingerprint density at radius 2 is 2.40 bits per heavy atom. The van der Waals surface area contributed by atoms with Crippen molar-refractivity contribution in [2.45, 2.75) is 25.7 Å². The van der Waals surface area contributed by atoms with Gasteiger partial charge in [0.25, 0.3) is 0 Å². The highest BCUT2D eigenvalue weighted by Crippen LogP contribution is 2.32. The summed E-state index contributed by atoms with van der Waals surface area (Å²) in [6.07, 6.45) is 1.20. The largest absolute Gasteiger partial charge is 0.326 e. The van der Waals surface area contributed by atoms with Crippen LogP contribution in [0.1, 0.15) is 30.4 Å². The van der Waals surface area contributed by atoms with Crippen LogP contribution < -0.4 is 5.32 Å². The van der Waals surface area contributed by atoms with Crippen LogP contribution in [0.2, 0.25) is 0 Å². The molecule has 0 bridgehead atoms. The summed E-state index contributed by atoms with van der Waals surface area (Å²) in [7, 11) is 0. The van der Waals surface area contributed by atoms with Gasteiger partial charge in [-0.3, -0.25) is 4.79 Å². The molecule has 1 aromatic rings. The fraction of sp³-hybridized carbons (Fsp3) is 0.333. The van der Waals surface area contributed by atoms with E-state index >= 15 is 0 Å². The Balaban J connectivity index is 2.47. The molecule has 1 N–H and O–H groups in total. The van der Waals surface area contributed by atoms with Crippen LogP contribution in [0, 0.1) is 11.3 Å². The van der Waals surface area contributed by atoms with Crippen LogP contribution in [0.5, 0.6) is 0 Å². The molecule has 0 spiro atoms. The highest BCUT2D eigenvalue weighted by Gasteiger charge is 2.24. The van der Waals surface area contributed by atoms with E-state index in [4.69, 9.17) is 5.26 Å². The molecule has 0 radical (unpaired) electrons. The summed E-state index contributed by atoms with van der Waals surface area (Å²) < 4.78 is 0. The van der Waals surface area contributed by atoms with Gasteiger partial charge in [-0.1, -0.05) is 19.1 Å². The Morgan fingerprint density at radius 1 is 1.60 bits per heavy atom. The van der Waals surface area contributed by atoms with Gasteiger partial charge < -0.3 is 5.32 Å². The van der Waals surface area contributed by atoms with Gasteiger partial charge in [0, 0.05) is 12.1 Å². The van der Waals surface area contributed by atoms with E-state index in [-0.39, 0.29) is 18.2 Å². The third-order valence-corrected chi connectivity index (χ3v) is 2.72. The molecule has 76 valence electrons. The van der Waals surface area contributed by atoms with E-state index in [0.717, 1.165) is 17.7 Å². The number of carbonyl (C=O) groups excluding carboxylic acids is 1. The van der Waals surface area contributed by atoms with Crippen molar-refractivity contribution in [1.82, 2.24) is 0 Å². The van der Waals surface area contributed by atoms with Gasteiger partial charge in [0.1, 0.15) is 0 Å². The highest BCUT2D eigenvalue weighted by atomic mass is 16.1. The number of nitriles is 1. The molecule has 1 aromatic carbocycles. The van der Waals surface area contributed by atoms with E-state index in [0.29, 0.717) is 0 Å². The fourth-order valence-corrected chi connectivity index (χ4v) is 1.85. The number of hydrogen-bond donors (Lipinski definition) is 1. The molecule has 1 atom stereocenters. The smallest absolute Gasteiger partial charge is 0.226 e. The van der Waals surface area contributed by atoms with Gasteiger partial charge in [-0.15, -0.1) is 0 Å². The SMILES string of the molecule is CCc1ccc2c(c1)NC(=O)CC2C#N. The van der Waals surface area contributed by atoms with E-state index in [1.807, 2.05) is 18.2 Å². The second kappa shape index (κ2) is 3.74. The third-order valence-electron chi connectivity index (χ3n) is 2.72. The molecule has 15 heavy (non-hydrogen) atoms. The van der Waals surface area contributed by atoms with Gasteiger partial charge >= 0.3 is 0 Å². The summed E-state index contributed by atoms with van der Waals surface area (Å²) in [6, 6.07) is 8.08. The van der Waals surface area contributed by atoms with Crippen molar-refractivity contribution in [3.8, 4) is 6.07 Å². The molecule has 0 saturated heterocycles. The Bertz CT molecular complexity index is 445. The topological polar surface area (TPSA) is 52.9 Å². The first-order chi connectivity index (χ1) is 7.24. The molecule has 1 heterocycles. The number of fused-ring (bicyclic) bond motifs is 1. The zero-order chi connectivity index (χ0) is 10.8. The average molecular weight is 200 g/mol. The number of benzene rings is 1. The minimum atomic E-state index is -0.292. The lowest BCUT2D eigenvalue weighted by Gasteiger charge is -2.21. The van der Waals surface area contributed by atoms with Crippen LogP contribution >= 0.6 is 0 Å². The molecule has 3 nitrogen and oxygen atoms in total. The fourth-order valence-electron chi connectivity index (χ4n) is 1.85. The lowest BCUT2D eigenvalue weighted by atomic mass is 9.90. The minimum absolute atomic E-state index is 0.0673. The minimum Gasteiger partial charge on any atom is -0.326 e. The van der Waals surface area contributed by atoms with Crippen LogP contribution in [0.4, 0.5) is 5.69 Å². The van der Waals surface area contributed by atoms with Crippen molar-refractivity contribution in [3.05, 3.63) is 29.3 Å². The maximum atomic E-state index is 11.3. The lowest BCUT2D eigenvalue weighted by molar-refractivity contribution is -0.116. The van der Waals surface area contributed by atoms with Gasteiger partial charge in [-0.05, 0) is 23.6 Å². The molecule has 1 aliphatic heterocycles. The Morgan fingerprint density at radius 3 is 3.07 bits per heavy atom. The van der Waals surface area contributed by atoms with Crippen molar-refractivity contribution in [3.63, 3.8) is 0 Å². The summed E-state index contributed by atoms with van der Waals surface area (Å²) >= 11 is 0. The van der Waals surface area contributed by atoms with Gasteiger partial charge in [-0.25, -0.2) is 0 Å². The number of carbonyl (C=O) groups is 1. The molecule has 0 aromatic heterocycles. The first kappa shape index (κ1) is 9.72. The number of rotatable bonds is 1. The molecular formula is C12H12N2O. The Hall–Kier alpha value is -1.82. The van der Waals surface area contributed by atoms with Gasteiger partial charge in [0.2, 0.25) is 5.91 Å². The van der Waals surface area contributed by atoms with Crippen molar-refractivity contribution < 1.29 is 4.79 Å². The first-order valence-corrected chi connectivity index (χ1v) is 5.07. The lowest BCUT2D eigenvalue weighted by Crippen LogP contribution is -2.22. The molecule has 0 aliphatic carbocycles. The zero-order valence-electron chi connectivity index (χ0n) is 8.58. The molecular weight excluding hydrogens is 188 g/mol. The van der Waals surface area contributed by atoms with Crippen LogP contribution in [-0.2, 0) is 11.2 Å². The number of aryl methyl sites for hydroxylation is 1. The number of nitrogens with one attached hydrogen (secondary N) is 1. The quantitative estimate of drug-likeness (QED) is 0.755. The van der Waals surface area contributed by atoms with Crippen molar-refractivity contribution in [1.29, 1.82) is 5.26 Å². The number of anilines is 1. The predicted octanol–water partition coefficient (Wildman–Crippen LogP) is 2.20. The van der Waals surface area contributed by atoms with Crippen LogP contribution in [-0.4, -0.2) is 5.91 Å². The molecule has 1 aliphatic rings. The summed E-state index contributed by atoms with van der Waals surface area (Å²) in [5.74, 6) is -0.359. The summed E-state index contributed by atoms with van der Waals surface area (Å²) in [5, 5.41) is 11.8.